The number of nitrogens with zero attached hydrogens (tertiary/aromatic N) is 2. The summed E-state index contributed by atoms with van der Waals surface area (Å²) in [7, 11) is 1.62. The first-order valence-electron chi connectivity index (χ1n) is 7.77. The summed E-state index contributed by atoms with van der Waals surface area (Å²) in [6.45, 7) is 1.72. The summed E-state index contributed by atoms with van der Waals surface area (Å²) in [6.07, 6.45) is -4.41. The fraction of sp³-hybridized carbons (Fsp3) is 0.222. The van der Waals surface area contributed by atoms with Crippen molar-refractivity contribution in [2.45, 2.75) is 19.1 Å². The maximum absolute atomic E-state index is 12.9. The Bertz CT molecular complexity index is 1030. The standard InChI is InChI=1S/C18H15BrF3N3O/c1-10(11-4-3-5-12(8-11)18(20,21)22)23-16-14-9-13(19)6-7-15(14)25(2)17(26)24-16/h3-10H,1-2H3,(H,23,24,26)/t10-/m1/s1. The largest absolute Gasteiger partial charge is 0.416 e. The van der Waals surface area contributed by atoms with Gasteiger partial charge in [-0.2, -0.15) is 18.2 Å². The third-order valence-corrected chi connectivity index (χ3v) is 4.63. The van der Waals surface area contributed by atoms with Crippen molar-refractivity contribution >= 4 is 32.7 Å². The Morgan fingerprint density at radius 2 is 1.92 bits per heavy atom. The second-order valence-corrected chi connectivity index (χ2v) is 6.87. The van der Waals surface area contributed by atoms with Gasteiger partial charge in [-0.05, 0) is 42.8 Å². The molecule has 0 spiro atoms. The molecule has 0 fully saturated rings. The van der Waals surface area contributed by atoms with Gasteiger partial charge < -0.3 is 5.32 Å². The Morgan fingerprint density at radius 3 is 2.62 bits per heavy atom. The highest BCUT2D eigenvalue weighted by Gasteiger charge is 2.30. The van der Waals surface area contributed by atoms with Crippen LogP contribution >= 0.6 is 15.9 Å². The predicted molar refractivity (Wildman–Crippen MR) is 98.2 cm³/mol. The van der Waals surface area contributed by atoms with Crippen LogP contribution < -0.4 is 11.0 Å². The first-order valence-corrected chi connectivity index (χ1v) is 8.56. The minimum Gasteiger partial charge on any atom is -0.363 e. The fourth-order valence-electron chi connectivity index (χ4n) is 2.71. The molecule has 0 unspecified atom stereocenters. The third kappa shape index (κ3) is 3.60. The van der Waals surface area contributed by atoms with Crippen molar-refractivity contribution in [3.8, 4) is 0 Å². The van der Waals surface area contributed by atoms with E-state index < -0.39 is 23.5 Å². The molecule has 2 aromatic carbocycles. The van der Waals surface area contributed by atoms with Gasteiger partial charge in [0.1, 0.15) is 5.82 Å². The van der Waals surface area contributed by atoms with Crippen LogP contribution in [0.25, 0.3) is 10.9 Å². The third-order valence-electron chi connectivity index (χ3n) is 4.14. The fourth-order valence-corrected chi connectivity index (χ4v) is 3.07. The Kier molecular flexibility index (Phi) is 4.79. The SMILES string of the molecule is C[C@@H](Nc1nc(=O)n(C)c2ccc(Br)cc12)c1cccc(C(F)(F)F)c1. The van der Waals surface area contributed by atoms with E-state index >= 15 is 0 Å². The van der Waals surface area contributed by atoms with Crippen LogP contribution in [0.1, 0.15) is 24.1 Å². The number of hydrogen-bond donors (Lipinski definition) is 1. The highest BCUT2D eigenvalue weighted by atomic mass is 79.9. The number of aromatic nitrogens is 2. The summed E-state index contributed by atoms with van der Waals surface area (Å²) < 4.78 is 41.0. The first kappa shape index (κ1) is 18.4. The molecule has 0 saturated carbocycles. The number of nitrogens with one attached hydrogen (secondary N) is 1. The van der Waals surface area contributed by atoms with Crippen LogP contribution in [-0.2, 0) is 13.2 Å². The zero-order chi connectivity index (χ0) is 19.1. The molecule has 0 aliphatic carbocycles. The molecule has 1 aromatic heterocycles. The van der Waals surface area contributed by atoms with Crippen molar-refractivity contribution in [1.29, 1.82) is 0 Å². The summed E-state index contributed by atoms with van der Waals surface area (Å²) in [5.41, 5.74) is -0.0378. The van der Waals surface area contributed by atoms with Crippen LogP contribution in [0, 0.1) is 0 Å². The second-order valence-electron chi connectivity index (χ2n) is 5.95. The molecule has 136 valence electrons. The Hall–Kier alpha value is -2.35. The smallest absolute Gasteiger partial charge is 0.363 e. The Labute approximate surface area is 155 Å². The molecule has 0 aliphatic rings. The number of fused-ring (bicyclic) bond motifs is 1. The number of rotatable bonds is 3. The van der Waals surface area contributed by atoms with Crippen molar-refractivity contribution < 1.29 is 13.2 Å². The quantitative estimate of drug-likeness (QED) is 0.649. The van der Waals surface area contributed by atoms with Crippen molar-refractivity contribution in [2.24, 2.45) is 7.05 Å². The van der Waals surface area contributed by atoms with Crippen molar-refractivity contribution in [2.75, 3.05) is 5.32 Å². The number of alkyl halides is 3. The molecule has 3 aromatic rings. The van der Waals surface area contributed by atoms with Crippen LogP contribution in [0.5, 0.6) is 0 Å². The minimum atomic E-state index is -4.41. The van der Waals surface area contributed by atoms with Gasteiger partial charge in [-0.25, -0.2) is 4.79 Å². The van der Waals surface area contributed by atoms with Gasteiger partial charge in [0.2, 0.25) is 0 Å². The first-order chi connectivity index (χ1) is 12.2. The maximum atomic E-state index is 12.9. The lowest BCUT2D eigenvalue weighted by Gasteiger charge is -2.18. The van der Waals surface area contributed by atoms with Gasteiger partial charge in [-0.15, -0.1) is 0 Å². The summed E-state index contributed by atoms with van der Waals surface area (Å²) in [5, 5.41) is 3.76. The maximum Gasteiger partial charge on any atom is 0.416 e. The van der Waals surface area contributed by atoms with Crippen LogP contribution in [0.15, 0.2) is 51.7 Å². The summed E-state index contributed by atoms with van der Waals surface area (Å²) >= 11 is 3.38. The molecular formula is C18H15BrF3N3O. The zero-order valence-electron chi connectivity index (χ0n) is 13.9. The molecule has 8 heteroatoms. The number of hydrogen-bond acceptors (Lipinski definition) is 3. The van der Waals surface area contributed by atoms with Gasteiger partial charge in [-0.1, -0.05) is 28.1 Å². The van der Waals surface area contributed by atoms with Gasteiger partial charge in [0, 0.05) is 22.9 Å². The predicted octanol–water partition coefficient (Wildman–Crippen LogP) is 4.89. The second kappa shape index (κ2) is 6.75. The van der Waals surface area contributed by atoms with Gasteiger partial charge in [0.25, 0.3) is 0 Å². The number of anilines is 1. The van der Waals surface area contributed by atoms with Gasteiger partial charge in [-0.3, -0.25) is 4.57 Å². The Morgan fingerprint density at radius 1 is 1.19 bits per heavy atom. The molecule has 1 atom stereocenters. The van der Waals surface area contributed by atoms with Crippen molar-refractivity contribution in [1.82, 2.24) is 9.55 Å². The van der Waals surface area contributed by atoms with E-state index in [4.69, 9.17) is 0 Å². The van der Waals surface area contributed by atoms with Crippen LogP contribution in [0.3, 0.4) is 0 Å². The summed E-state index contributed by atoms with van der Waals surface area (Å²) in [5.74, 6) is 0.328. The molecule has 1 heterocycles. The van der Waals surface area contributed by atoms with E-state index in [2.05, 4.69) is 26.2 Å². The molecule has 3 rings (SSSR count). The van der Waals surface area contributed by atoms with Crippen LogP contribution in [0.4, 0.5) is 19.0 Å². The Balaban J connectivity index is 2.03. The monoisotopic (exact) mass is 425 g/mol. The van der Waals surface area contributed by atoms with Crippen LogP contribution in [0.2, 0.25) is 0 Å². The van der Waals surface area contributed by atoms with Gasteiger partial charge in [0.15, 0.2) is 0 Å². The molecule has 0 amide bonds. The van der Waals surface area contributed by atoms with E-state index in [1.807, 2.05) is 12.1 Å². The average Bonchev–Trinajstić information content (AvgIpc) is 2.58. The summed E-state index contributed by atoms with van der Waals surface area (Å²) in [6, 6.07) is 10.0. The molecule has 0 aliphatic heterocycles. The number of benzene rings is 2. The topological polar surface area (TPSA) is 46.9 Å². The molecule has 0 bridgehead atoms. The highest BCUT2D eigenvalue weighted by molar-refractivity contribution is 9.10. The van der Waals surface area contributed by atoms with Crippen molar-refractivity contribution in [3.63, 3.8) is 0 Å². The van der Waals surface area contributed by atoms with E-state index in [0.29, 0.717) is 22.3 Å². The average molecular weight is 426 g/mol. The lowest BCUT2D eigenvalue weighted by molar-refractivity contribution is -0.137. The normalized spacial score (nSPS) is 13.0. The zero-order valence-corrected chi connectivity index (χ0v) is 15.5. The van der Waals surface area contributed by atoms with E-state index in [9.17, 15) is 18.0 Å². The lowest BCUT2D eigenvalue weighted by atomic mass is 10.0. The number of halogens is 4. The van der Waals surface area contributed by atoms with E-state index in [-0.39, 0.29) is 0 Å². The van der Waals surface area contributed by atoms with Crippen molar-refractivity contribution in [3.05, 3.63) is 68.5 Å². The molecule has 26 heavy (non-hydrogen) atoms. The molecule has 0 saturated heterocycles. The van der Waals surface area contributed by atoms with E-state index in [1.54, 1.807) is 26.1 Å². The molecule has 4 nitrogen and oxygen atoms in total. The summed E-state index contributed by atoms with van der Waals surface area (Å²) in [4.78, 5) is 16.1. The number of aryl methyl sites for hydroxylation is 1. The van der Waals surface area contributed by atoms with E-state index in [1.165, 1.54) is 10.6 Å². The highest BCUT2D eigenvalue weighted by Crippen LogP contribution is 2.32. The van der Waals surface area contributed by atoms with E-state index in [0.717, 1.165) is 16.6 Å². The lowest BCUT2D eigenvalue weighted by Crippen LogP contribution is -2.23. The molecule has 0 radical (unpaired) electrons. The van der Waals surface area contributed by atoms with Gasteiger partial charge in [0.05, 0.1) is 11.1 Å². The van der Waals surface area contributed by atoms with Gasteiger partial charge >= 0.3 is 11.9 Å². The van der Waals surface area contributed by atoms with Crippen LogP contribution in [-0.4, -0.2) is 9.55 Å². The molecule has 1 N–H and O–H groups in total. The molecular weight excluding hydrogens is 411 g/mol. The minimum absolute atomic E-state index is 0.328.